The number of aromatic nitrogens is 5. The van der Waals surface area contributed by atoms with E-state index in [1.807, 2.05) is 30.1 Å². The van der Waals surface area contributed by atoms with E-state index >= 15 is 0 Å². The number of hydrogen-bond donors (Lipinski definition) is 0. The topological polar surface area (TPSA) is 104 Å². The molecule has 3 aromatic rings. The van der Waals surface area contributed by atoms with E-state index in [1.165, 1.54) is 6.26 Å². The zero-order valence-electron chi connectivity index (χ0n) is 19.3. The third-order valence-corrected chi connectivity index (χ3v) is 7.07. The van der Waals surface area contributed by atoms with Gasteiger partial charge in [0.05, 0.1) is 30.5 Å². The number of anilines is 1. The molecule has 5 rings (SSSR count). The molecule has 0 amide bonds. The molecule has 0 aromatic carbocycles. The summed E-state index contributed by atoms with van der Waals surface area (Å²) in [6, 6.07) is 3.94. The molecule has 0 saturated carbocycles. The smallest absolute Gasteiger partial charge is 0.151 e. The van der Waals surface area contributed by atoms with Crippen molar-refractivity contribution in [2.45, 2.75) is 44.2 Å². The van der Waals surface area contributed by atoms with Gasteiger partial charge in [-0.3, -0.25) is 4.68 Å². The standard InChI is InChI=1S/C22H30N6O4S/c1-15-13-31-11-9-27(15)18-12-16(14-33(3,29)30)22-21(23-18)20(25-26(22)2)17-7-8-28(24-17)19-6-4-5-10-32-19/h7-8,12,15,19H,4-6,9-11,13-14H2,1-3H3. The fourth-order valence-corrected chi connectivity index (χ4v) is 5.47. The SMILES string of the molecule is CC1COCCN1c1cc(CS(C)(=O)=O)c2c(n1)c(-c1ccn(C3CCCCO3)n1)nn2C. The van der Waals surface area contributed by atoms with Crippen LogP contribution in [0, 0.1) is 0 Å². The number of morpholine rings is 1. The molecule has 3 aromatic heterocycles. The van der Waals surface area contributed by atoms with Gasteiger partial charge in [0.15, 0.2) is 9.84 Å². The van der Waals surface area contributed by atoms with Crippen molar-refractivity contribution in [2.75, 3.05) is 37.5 Å². The molecule has 0 bridgehead atoms. The maximum Gasteiger partial charge on any atom is 0.151 e. The van der Waals surface area contributed by atoms with Crippen molar-refractivity contribution in [3.05, 3.63) is 23.9 Å². The number of fused-ring (bicyclic) bond motifs is 1. The highest BCUT2D eigenvalue weighted by molar-refractivity contribution is 7.89. The third kappa shape index (κ3) is 4.49. The minimum atomic E-state index is -3.26. The lowest BCUT2D eigenvalue weighted by Gasteiger charge is -2.34. The Kier molecular flexibility index (Phi) is 5.87. The molecule has 11 heteroatoms. The van der Waals surface area contributed by atoms with Gasteiger partial charge in [0.1, 0.15) is 29.0 Å². The minimum Gasteiger partial charge on any atom is -0.377 e. The van der Waals surface area contributed by atoms with E-state index in [9.17, 15) is 8.42 Å². The Labute approximate surface area is 193 Å². The Balaban J connectivity index is 1.63. The van der Waals surface area contributed by atoms with Gasteiger partial charge >= 0.3 is 0 Å². The van der Waals surface area contributed by atoms with Crippen molar-refractivity contribution in [3.63, 3.8) is 0 Å². The average molecular weight is 475 g/mol. The number of ether oxygens (including phenoxy) is 2. The first-order valence-electron chi connectivity index (χ1n) is 11.4. The highest BCUT2D eigenvalue weighted by Crippen LogP contribution is 2.33. The molecule has 10 nitrogen and oxygen atoms in total. The fraction of sp³-hybridized carbons (Fsp3) is 0.591. The Morgan fingerprint density at radius 1 is 1.21 bits per heavy atom. The number of aryl methyl sites for hydroxylation is 1. The van der Waals surface area contributed by atoms with E-state index < -0.39 is 9.84 Å². The molecule has 2 atom stereocenters. The van der Waals surface area contributed by atoms with Crippen LogP contribution in [0.2, 0.25) is 0 Å². The molecular weight excluding hydrogens is 444 g/mol. The first-order chi connectivity index (χ1) is 15.8. The average Bonchev–Trinajstić information content (AvgIpc) is 3.39. The van der Waals surface area contributed by atoms with Crippen LogP contribution in [0.1, 0.15) is 38.0 Å². The Morgan fingerprint density at radius 3 is 2.79 bits per heavy atom. The van der Waals surface area contributed by atoms with Crippen LogP contribution in [0.25, 0.3) is 22.4 Å². The normalized spacial score (nSPS) is 22.2. The number of pyridine rings is 1. The van der Waals surface area contributed by atoms with Crippen molar-refractivity contribution < 1.29 is 17.9 Å². The van der Waals surface area contributed by atoms with E-state index in [0.29, 0.717) is 47.7 Å². The minimum absolute atomic E-state index is 0.0685. The zero-order valence-corrected chi connectivity index (χ0v) is 20.1. The fourth-order valence-electron chi connectivity index (χ4n) is 4.69. The Hall–Kier alpha value is -2.50. The lowest BCUT2D eigenvalue weighted by molar-refractivity contribution is -0.0393. The summed E-state index contributed by atoms with van der Waals surface area (Å²) in [4.78, 5) is 7.14. The van der Waals surface area contributed by atoms with Crippen LogP contribution in [0.5, 0.6) is 0 Å². The molecule has 5 heterocycles. The molecular formula is C22H30N6O4S. The molecule has 0 aliphatic carbocycles. The third-order valence-electron chi connectivity index (χ3n) is 6.24. The van der Waals surface area contributed by atoms with Crippen LogP contribution >= 0.6 is 0 Å². The van der Waals surface area contributed by atoms with Crippen LogP contribution in [-0.4, -0.2) is 71.6 Å². The van der Waals surface area contributed by atoms with E-state index in [1.54, 1.807) is 4.68 Å². The molecule has 0 radical (unpaired) electrons. The Bertz CT molecular complexity index is 1260. The number of hydrogen-bond acceptors (Lipinski definition) is 8. The first kappa shape index (κ1) is 22.3. The second-order valence-corrected chi connectivity index (χ2v) is 11.1. The van der Waals surface area contributed by atoms with Crippen LogP contribution in [-0.2, 0) is 32.1 Å². The molecule has 2 fully saturated rings. The summed E-state index contributed by atoms with van der Waals surface area (Å²) in [5, 5.41) is 9.47. The lowest BCUT2D eigenvalue weighted by atomic mass is 10.1. The highest BCUT2D eigenvalue weighted by Gasteiger charge is 2.26. The van der Waals surface area contributed by atoms with E-state index in [0.717, 1.165) is 31.7 Å². The predicted molar refractivity (Wildman–Crippen MR) is 125 cm³/mol. The van der Waals surface area contributed by atoms with E-state index in [4.69, 9.17) is 24.7 Å². The van der Waals surface area contributed by atoms with Gasteiger partial charge < -0.3 is 14.4 Å². The summed E-state index contributed by atoms with van der Waals surface area (Å²) >= 11 is 0. The second kappa shape index (κ2) is 8.69. The monoisotopic (exact) mass is 474 g/mol. The highest BCUT2D eigenvalue weighted by atomic mass is 32.2. The van der Waals surface area contributed by atoms with Crippen molar-refractivity contribution in [1.82, 2.24) is 24.5 Å². The molecule has 2 saturated heterocycles. The predicted octanol–water partition coefficient (Wildman–Crippen LogP) is 2.30. The molecule has 0 N–H and O–H groups in total. The van der Waals surface area contributed by atoms with Gasteiger partial charge in [-0.2, -0.15) is 10.2 Å². The van der Waals surface area contributed by atoms with Crippen LogP contribution in [0.3, 0.4) is 0 Å². The molecule has 2 aliphatic heterocycles. The molecule has 178 valence electrons. The van der Waals surface area contributed by atoms with Gasteiger partial charge in [-0.15, -0.1) is 0 Å². The summed E-state index contributed by atoms with van der Waals surface area (Å²) < 4.78 is 39.5. The van der Waals surface area contributed by atoms with E-state index in [-0.39, 0.29) is 18.0 Å². The van der Waals surface area contributed by atoms with Crippen LogP contribution in [0.15, 0.2) is 18.3 Å². The van der Waals surface area contributed by atoms with Gasteiger partial charge in [-0.25, -0.2) is 18.1 Å². The quantitative estimate of drug-likeness (QED) is 0.555. The molecule has 0 spiro atoms. The maximum absolute atomic E-state index is 12.2. The largest absolute Gasteiger partial charge is 0.377 e. The van der Waals surface area contributed by atoms with Gasteiger partial charge in [0, 0.05) is 32.7 Å². The van der Waals surface area contributed by atoms with Gasteiger partial charge in [0.2, 0.25) is 0 Å². The van der Waals surface area contributed by atoms with Gasteiger partial charge in [0.25, 0.3) is 0 Å². The van der Waals surface area contributed by atoms with Crippen molar-refractivity contribution in [2.24, 2.45) is 7.05 Å². The number of rotatable bonds is 5. The zero-order chi connectivity index (χ0) is 23.2. The van der Waals surface area contributed by atoms with E-state index in [2.05, 4.69) is 11.8 Å². The van der Waals surface area contributed by atoms with Gasteiger partial charge in [-0.1, -0.05) is 0 Å². The lowest BCUT2D eigenvalue weighted by Crippen LogP contribution is -2.44. The van der Waals surface area contributed by atoms with Crippen LogP contribution < -0.4 is 4.90 Å². The summed E-state index contributed by atoms with van der Waals surface area (Å²) in [6.07, 6.45) is 6.21. The molecule has 2 aliphatic rings. The Morgan fingerprint density at radius 2 is 2.06 bits per heavy atom. The van der Waals surface area contributed by atoms with Gasteiger partial charge in [-0.05, 0) is 43.9 Å². The summed E-state index contributed by atoms with van der Waals surface area (Å²) in [6.45, 7) is 4.73. The van der Waals surface area contributed by atoms with Crippen LogP contribution in [0.4, 0.5) is 5.82 Å². The molecule has 33 heavy (non-hydrogen) atoms. The molecule has 2 unspecified atom stereocenters. The van der Waals surface area contributed by atoms with Crippen molar-refractivity contribution in [1.29, 1.82) is 0 Å². The second-order valence-electron chi connectivity index (χ2n) is 9.00. The van der Waals surface area contributed by atoms with Crippen molar-refractivity contribution >= 4 is 26.7 Å². The maximum atomic E-state index is 12.2. The summed E-state index contributed by atoms with van der Waals surface area (Å²) in [5.41, 5.74) is 3.39. The number of nitrogens with zero attached hydrogens (tertiary/aromatic N) is 6. The first-order valence-corrected chi connectivity index (χ1v) is 13.4. The van der Waals surface area contributed by atoms with Crippen molar-refractivity contribution in [3.8, 4) is 11.4 Å². The summed E-state index contributed by atoms with van der Waals surface area (Å²) in [5.74, 6) is 0.655. The number of sulfone groups is 1. The summed E-state index contributed by atoms with van der Waals surface area (Å²) in [7, 11) is -1.44.